The fraction of sp³-hybridized carbons (Fsp3) is 1.00. The van der Waals surface area contributed by atoms with Crippen LogP contribution in [0, 0.1) is 0 Å². The lowest BCUT2D eigenvalue weighted by Gasteiger charge is -2.36. The first-order valence-corrected chi connectivity index (χ1v) is 7.86. The van der Waals surface area contributed by atoms with Gasteiger partial charge in [-0.05, 0) is 32.6 Å². The summed E-state index contributed by atoms with van der Waals surface area (Å²) in [4.78, 5) is 0. The first-order valence-electron chi connectivity index (χ1n) is 6.47. The van der Waals surface area contributed by atoms with Crippen molar-refractivity contribution in [2.45, 2.75) is 51.1 Å². The Bertz CT molecular complexity index is 344. The summed E-state index contributed by atoms with van der Waals surface area (Å²) in [7, 11) is -3.37. The fourth-order valence-electron chi connectivity index (χ4n) is 2.50. The molecule has 1 unspecified atom stereocenters. The minimum Gasteiger partial charge on any atom is -0.395 e. The molecule has 0 aromatic rings. The SMILES string of the molecule is CC1CCCCN1S(=O)(=O)N(CCO)C1CC1. The summed E-state index contributed by atoms with van der Waals surface area (Å²) in [5.41, 5.74) is 0. The molecule has 1 saturated carbocycles. The lowest BCUT2D eigenvalue weighted by atomic mass is 10.1. The van der Waals surface area contributed by atoms with Crippen molar-refractivity contribution in [1.82, 2.24) is 8.61 Å². The number of aliphatic hydroxyl groups is 1. The van der Waals surface area contributed by atoms with E-state index in [1.54, 1.807) is 4.31 Å². The molecule has 0 aromatic carbocycles. The van der Waals surface area contributed by atoms with Crippen molar-refractivity contribution >= 4 is 10.2 Å². The van der Waals surface area contributed by atoms with Crippen LogP contribution < -0.4 is 0 Å². The van der Waals surface area contributed by atoms with Gasteiger partial charge in [-0.1, -0.05) is 6.42 Å². The molecule has 1 N–H and O–H groups in total. The molecule has 5 nitrogen and oxygen atoms in total. The molecule has 0 aromatic heterocycles. The molecule has 1 aliphatic carbocycles. The zero-order valence-corrected chi connectivity index (χ0v) is 11.2. The number of hydrogen-bond donors (Lipinski definition) is 1. The molecule has 1 aliphatic heterocycles. The first-order chi connectivity index (χ1) is 8.07. The Morgan fingerprint density at radius 2 is 2.00 bits per heavy atom. The number of nitrogens with zero attached hydrogens (tertiary/aromatic N) is 2. The zero-order valence-electron chi connectivity index (χ0n) is 10.4. The van der Waals surface area contributed by atoms with Gasteiger partial charge in [0.15, 0.2) is 0 Å². The van der Waals surface area contributed by atoms with Crippen molar-refractivity contribution in [2.24, 2.45) is 0 Å². The van der Waals surface area contributed by atoms with Crippen LogP contribution in [0.5, 0.6) is 0 Å². The average Bonchev–Trinajstić information content (AvgIpc) is 3.10. The third-order valence-corrected chi connectivity index (χ3v) is 5.82. The predicted molar refractivity (Wildman–Crippen MR) is 65.8 cm³/mol. The van der Waals surface area contributed by atoms with E-state index in [0.717, 1.165) is 32.1 Å². The maximum absolute atomic E-state index is 12.5. The summed E-state index contributed by atoms with van der Waals surface area (Å²) in [6, 6.07) is 0.218. The van der Waals surface area contributed by atoms with E-state index in [4.69, 9.17) is 5.11 Å². The van der Waals surface area contributed by atoms with Gasteiger partial charge in [0.1, 0.15) is 0 Å². The summed E-state index contributed by atoms with van der Waals surface area (Å²) in [5.74, 6) is 0. The lowest BCUT2D eigenvalue weighted by molar-refractivity contribution is 0.216. The number of hydrogen-bond acceptors (Lipinski definition) is 3. The van der Waals surface area contributed by atoms with Gasteiger partial charge in [0.25, 0.3) is 10.2 Å². The van der Waals surface area contributed by atoms with Crippen molar-refractivity contribution < 1.29 is 13.5 Å². The second kappa shape index (κ2) is 5.22. The van der Waals surface area contributed by atoms with Gasteiger partial charge in [0.2, 0.25) is 0 Å². The van der Waals surface area contributed by atoms with E-state index in [-0.39, 0.29) is 25.2 Å². The van der Waals surface area contributed by atoms with Crippen LogP contribution in [0.15, 0.2) is 0 Å². The van der Waals surface area contributed by atoms with Crippen LogP contribution in [0.25, 0.3) is 0 Å². The number of piperidine rings is 1. The Balaban J connectivity index is 2.14. The Hall–Kier alpha value is -0.170. The van der Waals surface area contributed by atoms with Crippen LogP contribution in [0.2, 0.25) is 0 Å². The van der Waals surface area contributed by atoms with E-state index < -0.39 is 10.2 Å². The smallest absolute Gasteiger partial charge is 0.282 e. The molecule has 0 bridgehead atoms. The molecule has 2 fully saturated rings. The van der Waals surface area contributed by atoms with Gasteiger partial charge in [0.05, 0.1) is 6.61 Å². The monoisotopic (exact) mass is 262 g/mol. The second-order valence-electron chi connectivity index (χ2n) is 5.03. The van der Waals surface area contributed by atoms with Gasteiger partial charge in [-0.2, -0.15) is 17.0 Å². The molecule has 0 radical (unpaired) electrons. The summed E-state index contributed by atoms with van der Waals surface area (Å²) in [6.07, 6.45) is 4.86. The zero-order chi connectivity index (χ0) is 12.5. The molecule has 17 heavy (non-hydrogen) atoms. The third-order valence-electron chi connectivity index (χ3n) is 3.61. The molecule has 6 heteroatoms. The van der Waals surface area contributed by atoms with E-state index in [2.05, 4.69) is 0 Å². The van der Waals surface area contributed by atoms with E-state index >= 15 is 0 Å². The quantitative estimate of drug-likeness (QED) is 0.787. The van der Waals surface area contributed by atoms with E-state index in [1.807, 2.05) is 6.92 Å². The van der Waals surface area contributed by atoms with Crippen LogP contribution >= 0.6 is 0 Å². The van der Waals surface area contributed by atoms with Crippen LogP contribution in [0.3, 0.4) is 0 Å². The Kier molecular flexibility index (Phi) is 4.07. The van der Waals surface area contributed by atoms with Gasteiger partial charge in [-0.15, -0.1) is 0 Å². The van der Waals surface area contributed by atoms with Gasteiger partial charge in [-0.3, -0.25) is 0 Å². The maximum Gasteiger partial charge on any atom is 0.282 e. The minimum atomic E-state index is -3.37. The molecule has 100 valence electrons. The molecule has 2 rings (SSSR count). The highest BCUT2D eigenvalue weighted by atomic mass is 32.2. The van der Waals surface area contributed by atoms with Gasteiger partial charge >= 0.3 is 0 Å². The Morgan fingerprint density at radius 1 is 1.29 bits per heavy atom. The van der Waals surface area contributed by atoms with Crippen LogP contribution in [-0.2, 0) is 10.2 Å². The van der Waals surface area contributed by atoms with Crippen molar-refractivity contribution in [3.63, 3.8) is 0 Å². The fourth-order valence-corrected chi connectivity index (χ4v) is 4.59. The highest BCUT2D eigenvalue weighted by molar-refractivity contribution is 7.86. The molecular formula is C11H22N2O3S. The van der Waals surface area contributed by atoms with Crippen LogP contribution in [0.4, 0.5) is 0 Å². The largest absolute Gasteiger partial charge is 0.395 e. The number of aliphatic hydroxyl groups excluding tert-OH is 1. The standard InChI is InChI=1S/C11H22N2O3S/c1-10-4-2-3-7-12(10)17(15,16)13(8-9-14)11-5-6-11/h10-11,14H,2-9H2,1H3. The minimum absolute atomic E-state index is 0.0914. The van der Waals surface area contributed by atoms with E-state index in [9.17, 15) is 8.42 Å². The van der Waals surface area contributed by atoms with Gasteiger partial charge in [0, 0.05) is 25.2 Å². The van der Waals surface area contributed by atoms with Gasteiger partial charge in [-0.25, -0.2) is 0 Å². The molecule has 1 saturated heterocycles. The summed E-state index contributed by atoms with van der Waals surface area (Å²) < 4.78 is 28.1. The normalized spacial score (nSPS) is 27.6. The topological polar surface area (TPSA) is 60.9 Å². The highest BCUT2D eigenvalue weighted by Gasteiger charge is 2.41. The molecule has 0 spiro atoms. The third kappa shape index (κ3) is 2.81. The van der Waals surface area contributed by atoms with E-state index in [1.165, 1.54) is 4.31 Å². The highest BCUT2D eigenvalue weighted by Crippen LogP contribution is 2.32. The second-order valence-corrected chi connectivity index (χ2v) is 6.86. The van der Waals surface area contributed by atoms with E-state index in [0.29, 0.717) is 6.54 Å². The summed E-state index contributed by atoms with van der Waals surface area (Å²) in [5, 5.41) is 9.02. The molecule has 1 atom stereocenters. The molecule has 1 heterocycles. The van der Waals surface area contributed by atoms with Gasteiger partial charge < -0.3 is 5.11 Å². The predicted octanol–water partition coefficient (Wildman–Crippen LogP) is 0.562. The molecule has 2 aliphatic rings. The van der Waals surface area contributed by atoms with Crippen molar-refractivity contribution in [1.29, 1.82) is 0 Å². The van der Waals surface area contributed by atoms with Crippen molar-refractivity contribution in [3.8, 4) is 0 Å². The average molecular weight is 262 g/mol. The van der Waals surface area contributed by atoms with Crippen molar-refractivity contribution in [3.05, 3.63) is 0 Å². The molecular weight excluding hydrogens is 240 g/mol. The first kappa shape index (κ1) is 13.3. The number of rotatable bonds is 5. The summed E-state index contributed by atoms with van der Waals surface area (Å²) in [6.45, 7) is 2.73. The Morgan fingerprint density at radius 3 is 2.53 bits per heavy atom. The Labute approximate surface area is 104 Å². The van der Waals surface area contributed by atoms with Crippen molar-refractivity contribution in [2.75, 3.05) is 19.7 Å². The maximum atomic E-state index is 12.5. The molecule has 0 amide bonds. The summed E-state index contributed by atoms with van der Waals surface area (Å²) >= 11 is 0. The van der Waals surface area contributed by atoms with Crippen LogP contribution in [-0.4, -0.2) is 53.9 Å². The van der Waals surface area contributed by atoms with Crippen LogP contribution in [0.1, 0.15) is 39.0 Å². The lowest BCUT2D eigenvalue weighted by Crippen LogP contribution is -2.51.